The molecule has 1 aliphatic carbocycles. The molecule has 1 aromatic heterocycles. The van der Waals surface area contributed by atoms with E-state index in [-0.39, 0.29) is 22.6 Å². The van der Waals surface area contributed by atoms with E-state index in [9.17, 15) is 22.8 Å². The first kappa shape index (κ1) is 24.3. The number of thiophene rings is 1. The highest BCUT2D eigenvalue weighted by Gasteiger charge is 2.37. The number of esters is 1. The van der Waals surface area contributed by atoms with Gasteiger partial charge in [-0.2, -0.15) is 13.2 Å². The summed E-state index contributed by atoms with van der Waals surface area (Å²) in [7, 11) is 0. The number of carbonyl (C=O) groups excluding carboxylic acids is 2. The Balaban J connectivity index is 1.99. The highest BCUT2D eigenvalue weighted by Crippen LogP contribution is 2.46. The van der Waals surface area contributed by atoms with Crippen molar-refractivity contribution >= 4 is 28.2 Å². The van der Waals surface area contributed by atoms with E-state index < -0.39 is 29.2 Å². The standard InChI is InChI=1S/C24H28F3NO3S/c1-5-23(3,4)14-11-12-16-18(13-14)32-21(19(16)22(30)31-6-2)28-20(29)15-9-7-8-10-17(15)24(25,26)27/h7-10,14H,5-6,11-13H2,1-4H3,(H,28,29)/t14-/m0/s1. The Hall–Kier alpha value is -2.35. The summed E-state index contributed by atoms with van der Waals surface area (Å²) in [6.45, 7) is 8.45. The van der Waals surface area contributed by atoms with E-state index in [1.807, 2.05) is 0 Å². The van der Waals surface area contributed by atoms with E-state index >= 15 is 0 Å². The number of halogens is 3. The molecule has 8 heteroatoms. The summed E-state index contributed by atoms with van der Waals surface area (Å²) < 4.78 is 45.3. The quantitative estimate of drug-likeness (QED) is 0.479. The summed E-state index contributed by atoms with van der Waals surface area (Å²) >= 11 is 1.27. The van der Waals surface area contributed by atoms with E-state index in [2.05, 4.69) is 26.1 Å². The van der Waals surface area contributed by atoms with Crippen LogP contribution in [0.25, 0.3) is 0 Å². The van der Waals surface area contributed by atoms with Crippen LogP contribution in [-0.2, 0) is 23.8 Å². The van der Waals surface area contributed by atoms with Crippen molar-refractivity contribution < 1.29 is 27.5 Å². The van der Waals surface area contributed by atoms with E-state index in [4.69, 9.17) is 4.74 Å². The molecule has 0 spiro atoms. The van der Waals surface area contributed by atoms with Gasteiger partial charge < -0.3 is 10.1 Å². The van der Waals surface area contributed by atoms with Crippen LogP contribution in [0.2, 0.25) is 0 Å². The van der Waals surface area contributed by atoms with E-state index in [1.54, 1.807) is 6.92 Å². The molecule has 2 aromatic rings. The van der Waals surface area contributed by atoms with Crippen LogP contribution >= 0.6 is 11.3 Å². The molecule has 0 saturated carbocycles. The molecule has 174 valence electrons. The number of amides is 1. The zero-order valence-electron chi connectivity index (χ0n) is 18.7. The summed E-state index contributed by atoms with van der Waals surface area (Å²) in [6, 6.07) is 4.63. The number of anilines is 1. The van der Waals surface area contributed by atoms with Gasteiger partial charge in [0.25, 0.3) is 5.91 Å². The second kappa shape index (κ2) is 9.25. The lowest BCUT2D eigenvalue weighted by molar-refractivity contribution is -0.137. The highest BCUT2D eigenvalue weighted by atomic mass is 32.1. The monoisotopic (exact) mass is 467 g/mol. The Morgan fingerprint density at radius 1 is 1.19 bits per heavy atom. The Morgan fingerprint density at radius 2 is 1.88 bits per heavy atom. The molecule has 3 rings (SSSR count). The molecule has 1 aromatic carbocycles. The molecule has 4 nitrogen and oxygen atoms in total. The zero-order chi connectivity index (χ0) is 23.7. The fourth-order valence-corrected chi connectivity index (χ4v) is 5.46. The number of fused-ring (bicyclic) bond motifs is 1. The van der Waals surface area contributed by atoms with Crippen molar-refractivity contribution in [3.05, 3.63) is 51.4 Å². The summed E-state index contributed by atoms with van der Waals surface area (Å²) in [5.41, 5.74) is -0.248. The first-order valence-corrected chi connectivity index (χ1v) is 11.6. The van der Waals surface area contributed by atoms with E-state index in [1.165, 1.54) is 23.5 Å². The first-order chi connectivity index (χ1) is 15.0. The van der Waals surface area contributed by atoms with Crippen molar-refractivity contribution in [2.45, 2.75) is 59.6 Å². The molecule has 0 unspecified atom stereocenters. The minimum absolute atomic E-state index is 0.126. The lowest BCUT2D eigenvalue weighted by Crippen LogP contribution is -2.28. The van der Waals surface area contributed by atoms with E-state index in [0.29, 0.717) is 12.3 Å². The molecule has 1 aliphatic rings. The van der Waals surface area contributed by atoms with E-state index in [0.717, 1.165) is 41.8 Å². The number of benzene rings is 1. The minimum atomic E-state index is -4.66. The molecule has 32 heavy (non-hydrogen) atoms. The van der Waals surface area contributed by atoms with Crippen molar-refractivity contribution in [1.29, 1.82) is 0 Å². The van der Waals surface area contributed by atoms with Crippen molar-refractivity contribution in [3.63, 3.8) is 0 Å². The molecule has 0 bridgehead atoms. The molecular formula is C24H28F3NO3S. The number of hydrogen-bond donors (Lipinski definition) is 1. The average Bonchev–Trinajstić information content (AvgIpc) is 3.10. The van der Waals surface area contributed by atoms with Gasteiger partial charge in [-0.1, -0.05) is 39.3 Å². The number of ether oxygens (including phenoxy) is 1. The van der Waals surface area contributed by atoms with Crippen LogP contribution in [0, 0.1) is 11.3 Å². The third-order valence-corrected chi connectivity index (χ3v) is 7.64. The highest BCUT2D eigenvalue weighted by molar-refractivity contribution is 7.17. The van der Waals surface area contributed by atoms with Crippen molar-refractivity contribution in [2.75, 3.05) is 11.9 Å². The maximum absolute atomic E-state index is 13.4. The molecule has 1 N–H and O–H groups in total. The molecular weight excluding hydrogens is 439 g/mol. The Labute approximate surface area is 190 Å². The average molecular weight is 468 g/mol. The van der Waals surface area contributed by atoms with Crippen LogP contribution in [0.3, 0.4) is 0 Å². The maximum atomic E-state index is 13.4. The second-order valence-electron chi connectivity index (χ2n) is 8.71. The second-order valence-corrected chi connectivity index (χ2v) is 9.81. The fraction of sp³-hybridized carbons (Fsp3) is 0.500. The number of hydrogen-bond acceptors (Lipinski definition) is 4. The van der Waals surface area contributed by atoms with Gasteiger partial charge in [0.15, 0.2) is 0 Å². The van der Waals surface area contributed by atoms with Crippen LogP contribution in [-0.4, -0.2) is 18.5 Å². The molecule has 1 atom stereocenters. The Kier molecular flexibility index (Phi) is 7.03. The SMILES string of the molecule is CCOC(=O)c1c(NC(=O)c2ccccc2C(F)(F)F)sc2c1CC[C@H](C(C)(C)CC)C2. The van der Waals surface area contributed by atoms with Gasteiger partial charge in [0.1, 0.15) is 5.00 Å². The number of alkyl halides is 3. The van der Waals surface area contributed by atoms with Gasteiger partial charge in [0.2, 0.25) is 0 Å². The van der Waals surface area contributed by atoms with Crippen LogP contribution in [0.1, 0.15) is 77.3 Å². The zero-order valence-corrected chi connectivity index (χ0v) is 19.5. The smallest absolute Gasteiger partial charge is 0.417 e. The molecule has 0 radical (unpaired) electrons. The summed E-state index contributed by atoms with van der Waals surface area (Å²) in [5.74, 6) is -1.03. The third kappa shape index (κ3) is 4.85. The predicted octanol–water partition coefficient (Wildman–Crippen LogP) is 6.74. The maximum Gasteiger partial charge on any atom is 0.417 e. The number of nitrogens with one attached hydrogen (secondary N) is 1. The van der Waals surface area contributed by atoms with Gasteiger partial charge in [-0.3, -0.25) is 4.79 Å². The summed E-state index contributed by atoms with van der Waals surface area (Å²) in [6.07, 6.45) is -1.31. The Morgan fingerprint density at radius 3 is 2.50 bits per heavy atom. The van der Waals surface area contributed by atoms with Gasteiger partial charge in [0.05, 0.1) is 23.3 Å². The van der Waals surface area contributed by atoms with Crippen molar-refractivity contribution in [2.24, 2.45) is 11.3 Å². The van der Waals surface area contributed by atoms with Crippen molar-refractivity contribution in [1.82, 2.24) is 0 Å². The molecule has 1 heterocycles. The lowest BCUT2D eigenvalue weighted by atomic mass is 9.69. The van der Waals surface area contributed by atoms with Gasteiger partial charge in [-0.15, -0.1) is 11.3 Å². The van der Waals surface area contributed by atoms with Gasteiger partial charge in [-0.05, 0) is 55.2 Å². The summed E-state index contributed by atoms with van der Waals surface area (Å²) in [4.78, 5) is 26.6. The molecule has 0 aliphatic heterocycles. The largest absolute Gasteiger partial charge is 0.462 e. The molecule has 0 saturated heterocycles. The van der Waals surface area contributed by atoms with Gasteiger partial charge >= 0.3 is 12.1 Å². The number of carbonyl (C=O) groups is 2. The third-order valence-electron chi connectivity index (χ3n) is 6.47. The fourth-order valence-electron chi connectivity index (χ4n) is 4.15. The van der Waals surface area contributed by atoms with Crippen LogP contribution in [0.4, 0.5) is 18.2 Å². The minimum Gasteiger partial charge on any atom is -0.462 e. The molecule has 1 amide bonds. The van der Waals surface area contributed by atoms with Gasteiger partial charge in [-0.25, -0.2) is 4.79 Å². The van der Waals surface area contributed by atoms with Crippen LogP contribution in [0.15, 0.2) is 24.3 Å². The van der Waals surface area contributed by atoms with Crippen molar-refractivity contribution in [3.8, 4) is 0 Å². The topological polar surface area (TPSA) is 55.4 Å². The van der Waals surface area contributed by atoms with Gasteiger partial charge in [0, 0.05) is 4.88 Å². The molecule has 0 fully saturated rings. The summed E-state index contributed by atoms with van der Waals surface area (Å²) in [5, 5.41) is 2.84. The van der Waals surface area contributed by atoms with Crippen LogP contribution < -0.4 is 5.32 Å². The lowest BCUT2D eigenvalue weighted by Gasteiger charge is -2.36. The predicted molar refractivity (Wildman–Crippen MR) is 119 cm³/mol. The first-order valence-electron chi connectivity index (χ1n) is 10.8. The Bertz CT molecular complexity index is 1010. The van der Waals surface area contributed by atoms with Crippen LogP contribution in [0.5, 0.6) is 0 Å². The normalized spacial score (nSPS) is 16.4. The number of rotatable bonds is 6.